The van der Waals surface area contributed by atoms with Crippen molar-refractivity contribution in [3.8, 4) is 0 Å². The Morgan fingerprint density at radius 1 is 1.22 bits per heavy atom. The van der Waals surface area contributed by atoms with Gasteiger partial charge in [0.15, 0.2) is 0 Å². The summed E-state index contributed by atoms with van der Waals surface area (Å²) in [7, 11) is 0. The van der Waals surface area contributed by atoms with Crippen LogP contribution in [-0.2, 0) is 4.79 Å². The number of aliphatic hydroxyl groups excluding tert-OH is 1. The van der Waals surface area contributed by atoms with E-state index in [9.17, 15) is 4.79 Å². The average Bonchev–Trinajstić information content (AvgIpc) is 2.61. The SMILES string of the molecule is O=C(CO)N1CCCC(N2CCN(c3cccc(Cl)c3)CC2)C1. The summed E-state index contributed by atoms with van der Waals surface area (Å²) in [5.41, 5.74) is 1.18. The molecule has 2 heterocycles. The Hall–Kier alpha value is -1.30. The fraction of sp³-hybridized carbons (Fsp3) is 0.588. The highest BCUT2D eigenvalue weighted by atomic mass is 35.5. The van der Waals surface area contributed by atoms with Crippen molar-refractivity contribution in [1.29, 1.82) is 0 Å². The molecule has 6 heteroatoms. The zero-order chi connectivity index (χ0) is 16.2. The van der Waals surface area contributed by atoms with Gasteiger partial charge in [0.2, 0.25) is 5.91 Å². The van der Waals surface area contributed by atoms with Crippen LogP contribution in [-0.4, -0.2) is 72.7 Å². The molecule has 2 fully saturated rings. The van der Waals surface area contributed by atoms with Crippen LogP contribution in [0, 0.1) is 0 Å². The summed E-state index contributed by atoms with van der Waals surface area (Å²) in [4.78, 5) is 18.4. The number of anilines is 1. The summed E-state index contributed by atoms with van der Waals surface area (Å²) in [6.07, 6.45) is 2.15. The van der Waals surface area contributed by atoms with Gasteiger partial charge in [-0.1, -0.05) is 17.7 Å². The van der Waals surface area contributed by atoms with Crippen molar-refractivity contribution in [1.82, 2.24) is 9.80 Å². The molecule has 2 saturated heterocycles. The Bertz CT molecular complexity index is 546. The zero-order valence-corrected chi connectivity index (χ0v) is 14.1. The summed E-state index contributed by atoms with van der Waals surface area (Å²) in [6, 6.07) is 8.42. The molecule has 0 radical (unpaired) electrons. The maximum atomic E-state index is 11.7. The standard InChI is InChI=1S/C17H24ClN3O2/c18-14-3-1-4-15(11-14)19-7-9-20(10-8-19)16-5-2-6-21(12-16)17(23)13-22/h1,3-4,11,16,22H,2,5-10,12-13H2. The van der Waals surface area contributed by atoms with Gasteiger partial charge in [-0.25, -0.2) is 0 Å². The monoisotopic (exact) mass is 337 g/mol. The van der Waals surface area contributed by atoms with Crippen molar-refractivity contribution in [3.05, 3.63) is 29.3 Å². The lowest BCUT2D eigenvalue weighted by Crippen LogP contribution is -2.56. The minimum atomic E-state index is -0.380. The lowest BCUT2D eigenvalue weighted by atomic mass is 10.0. The third kappa shape index (κ3) is 3.97. The Morgan fingerprint density at radius 2 is 2.00 bits per heavy atom. The van der Waals surface area contributed by atoms with Crippen LogP contribution < -0.4 is 4.90 Å². The number of hydrogen-bond acceptors (Lipinski definition) is 4. The van der Waals surface area contributed by atoms with Gasteiger partial charge in [0.25, 0.3) is 0 Å². The quantitative estimate of drug-likeness (QED) is 0.907. The van der Waals surface area contributed by atoms with E-state index >= 15 is 0 Å². The van der Waals surface area contributed by atoms with Crippen LogP contribution >= 0.6 is 11.6 Å². The number of amides is 1. The van der Waals surface area contributed by atoms with Gasteiger partial charge in [-0.05, 0) is 31.0 Å². The van der Waals surface area contributed by atoms with Crippen LogP contribution in [0.5, 0.6) is 0 Å². The van der Waals surface area contributed by atoms with Crippen LogP contribution in [0.3, 0.4) is 0 Å². The van der Waals surface area contributed by atoms with Crippen molar-refractivity contribution >= 4 is 23.2 Å². The number of likely N-dealkylation sites (tertiary alicyclic amines) is 1. The fourth-order valence-electron chi connectivity index (χ4n) is 3.60. The van der Waals surface area contributed by atoms with E-state index in [1.807, 2.05) is 18.2 Å². The first-order valence-electron chi connectivity index (χ1n) is 8.30. The summed E-state index contributed by atoms with van der Waals surface area (Å²) < 4.78 is 0. The maximum Gasteiger partial charge on any atom is 0.248 e. The lowest BCUT2D eigenvalue weighted by Gasteiger charge is -2.43. The molecule has 23 heavy (non-hydrogen) atoms. The average molecular weight is 338 g/mol. The predicted molar refractivity (Wildman–Crippen MR) is 91.9 cm³/mol. The first-order valence-corrected chi connectivity index (χ1v) is 8.68. The molecule has 1 atom stereocenters. The van der Waals surface area contributed by atoms with E-state index in [4.69, 9.17) is 16.7 Å². The number of halogens is 1. The topological polar surface area (TPSA) is 47.0 Å². The number of carbonyl (C=O) groups is 1. The third-order valence-electron chi connectivity index (χ3n) is 4.89. The largest absolute Gasteiger partial charge is 0.387 e. The summed E-state index contributed by atoms with van der Waals surface area (Å²) >= 11 is 6.08. The zero-order valence-electron chi connectivity index (χ0n) is 13.3. The molecule has 0 aliphatic carbocycles. The van der Waals surface area contributed by atoms with Crippen LogP contribution in [0.2, 0.25) is 5.02 Å². The van der Waals surface area contributed by atoms with Gasteiger partial charge in [0.1, 0.15) is 6.61 Å². The number of nitrogens with zero attached hydrogens (tertiary/aromatic N) is 3. The molecular formula is C17H24ClN3O2. The minimum absolute atomic E-state index is 0.146. The number of benzene rings is 1. The summed E-state index contributed by atoms with van der Waals surface area (Å²) in [5.74, 6) is -0.146. The molecule has 1 aromatic rings. The third-order valence-corrected chi connectivity index (χ3v) is 5.12. The van der Waals surface area contributed by atoms with Gasteiger partial charge in [0.05, 0.1) is 0 Å². The molecule has 5 nitrogen and oxygen atoms in total. The van der Waals surface area contributed by atoms with Gasteiger partial charge in [-0.2, -0.15) is 0 Å². The summed E-state index contributed by atoms with van der Waals surface area (Å²) in [5, 5.41) is 9.82. The molecule has 1 unspecified atom stereocenters. The molecular weight excluding hydrogens is 314 g/mol. The van der Waals surface area contributed by atoms with Crippen molar-refractivity contribution in [2.75, 3.05) is 50.8 Å². The van der Waals surface area contributed by atoms with Crippen LogP contribution in [0.1, 0.15) is 12.8 Å². The minimum Gasteiger partial charge on any atom is -0.387 e. The molecule has 2 aliphatic rings. The van der Waals surface area contributed by atoms with Gasteiger partial charge in [-0.3, -0.25) is 9.69 Å². The van der Waals surface area contributed by atoms with E-state index in [-0.39, 0.29) is 12.5 Å². The smallest absolute Gasteiger partial charge is 0.248 e. The van der Waals surface area contributed by atoms with E-state index < -0.39 is 0 Å². The number of rotatable bonds is 3. The van der Waals surface area contributed by atoms with Crippen LogP contribution in [0.25, 0.3) is 0 Å². The van der Waals surface area contributed by atoms with Crippen LogP contribution in [0.15, 0.2) is 24.3 Å². The maximum absolute atomic E-state index is 11.7. The number of piperazine rings is 1. The number of piperidine rings is 1. The fourth-order valence-corrected chi connectivity index (χ4v) is 3.78. The molecule has 3 rings (SSSR count). The molecule has 2 aliphatic heterocycles. The van der Waals surface area contributed by atoms with Crippen molar-refractivity contribution in [2.24, 2.45) is 0 Å². The summed E-state index contributed by atoms with van der Waals surface area (Å²) in [6.45, 7) is 5.09. The van der Waals surface area contributed by atoms with E-state index in [0.29, 0.717) is 6.04 Å². The molecule has 0 bridgehead atoms. The van der Waals surface area contributed by atoms with Crippen molar-refractivity contribution in [3.63, 3.8) is 0 Å². The van der Waals surface area contributed by atoms with Gasteiger partial charge < -0.3 is 14.9 Å². The predicted octanol–water partition coefficient (Wildman–Crippen LogP) is 1.45. The molecule has 0 spiro atoms. The molecule has 126 valence electrons. The van der Waals surface area contributed by atoms with Gasteiger partial charge >= 0.3 is 0 Å². The van der Waals surface area contributed by atoms with Gasteiger partial charge in [-0.15, -0.1) is 0 Å². The first-order chi connectivity index (χ1) is 11.2. The second-order valence-electron chi connectivity index (χ2n) is 6.30. The molecule has 0 saturated carbocycles. The Morgan fingerprint density at radius 3 is 2.70 bits per heavy atom. The highest BCUT2D eigenvalue weighted by molar-refractivity contribution is 6.30. The van der Waals surface area contributed by atoms with E-state index in [1.54, 1.807) is 4.90 Å². The van der Waals surface area contributed by atoms with Crippen molar-refractivity contribution in [2.45, 2.75) is 18.9 Å². The number of carbonyl (C=O) groups excluding carboxylic acids is 1. The molecule has 1 amide bonds. The lowest BCUT2D eigenvalue weighted by molar-refractivity contribution is -0.136. The second kappa shape index (κ2) is 7.51. The van der Waals surface area contributed by atoms with Gasteiger partial charge in [0, 0.05) is 56.0 Å². The Balaban J connectivity index is 1.55. The van der Waals surface area contributed by atoms with E-state index in [2.05, 4.69) is 15.9 Å². The molecule has 0 aromatic heterocycles. The second-order valence-corrected chi connectivity index (χ2v) is 6.73. The molecule has 1 N–H and O–H groups in total. The van der Waals surface area contributed by atoms with E-state index in [1.165, 1.54) is 5.69 Å². The van der Waals surface area contributed by atoms with E-state index in [0.717, 1.165) is 57.1 Å². The highest BCUT2D eigenvalue weighted by Gasteiger charge is 2.29. The first kappa shape index (κ1) is 16.6. The normalized spacial score (nSPS) is 23.1. The number of hydrogen-bond donors (Lipinski definition) is 1. The highest BCUT2D eigenvalue weighted by Crippen LogP contribution is 2.23. The Kier molecular flexibility index (Phi) is 5.41. The molecule has 1 aromatic carbocycles. The number of aliphatic hydroxyl groups is 1. The van der Waals surface area contributed by atoms with Crippen molar-refractivity contribution < 1.29 is 9.90 Å². The Labute approximate surface area is 142 Å². The van der Waals surface area contributed by atoms with Crippen LogP contribution in [0.4, 0.5) is 5.69 Å².